The summed E-state index contributed by atoms with van der Waals surface area (Å²) in [6.07, 6.45) is 3.98. The first-order valence-corrected chi connectivity index (χ1v) is 8.94. The van der Waals surface area contributed by atoms with Crippen molar-refractivity contribution < 1.29 is 9.47 Å². The van der Waals surface area contributed by atoms with Crippen molar-refractivity contribution in [3.63, 3.8) is 0 Å². The fraction of sp³-hybridized carbons (Fsp3) is 0.368. The quantitative estimate of drug-likeness (QED) is 0.418. The molecule has 0 saturated heterocycles. The molecule has 2 rings (SSSR count). The maximum atomic E-state index is 5.70. The maximum absolute atomic E-state index is 5.70. The zero-order valence-electron chi connectivity index (χ0n) is 13.1. The second-order valence-electron chi connectivity index (χ2n) is 5.28. The molecule has 2 nitrogen and oxygen atoms in total. The lowest BCUT2D eigenvalue weighted by Gasteiger charge is -2.09. The first kappa shape index (κ1) is 18.0. The summed E-state index contributed by atoms with van der Waals surface area (Å²) in [7, 11) is 0. The van der Waals surface area contributed by atoms with Crippen LogP contribution < -0.4 is 9.47 Å². The van der Waals surface area contributed by atoms with E-state index in [-0.39, 0.29) is 6.79 Å². The van der Waals surface area contributed by atoms with Crippen LogP contribution in [-0.2, 0) is 12.8 Å². The number of ether oxygens (including phenoxy) is 2. The van der Waals surface area contributed by atoms with E-state index < -0.39 is 0 Å². The zero-order valence-corrected chi connectivity index (χ0v) is 14.7. The van der Waals surface area contributed by atoms with Gasteiger partial charge in [0.15, 0.2) is 0 Å². The topological polar surface area (TPSA) is 18.5 Å². The van der Waals surface area contributed by atoms with Gasteiger partial charge in [0.25, 0.3) is 0 Å². The summed E-state index contributed by atoms with van der Waals surface area (Å²) in [6, 6.07) is 16.1. The van der Waals surface area contributed by atoms with E-state index in [0.29, 0.717) is 11.8 Å². The highest BCUT2D eigenvalue weighted by molar-refractivity contribution is 6.18. The lowest BCUT2D eigenvalue weighted by Crippen LogP contribution is -2.05. The first-order valence-electron chi connectivity index (χ1n) is 7.87. The minimum Gasteiger partial charge on any atom is -0.458 e. The van der Waals surface area contributed by atoms with E-state index in [9.17, 15) is 0 Å². The third-order valence-electron chi connectivity index (χ3n) is 3.50. The fourth-order valence-corrected chi connectivity index (χ4v) is 2.48. The van der Waals surface area contributed by atoms with Crippen LogP contribution in [0.3, 0.4) is 0 Å². The number of aryl methyl sites for hydroxylation is 2. The first-order chi connectivity index (χ1) is 11.3. The molecule has 4 heteroatoms. The highest BCUT2D eigenvalue weighted by Gasteiger charge is 1.98. The molecule has 0 saturated carbocycles. The fourth-order valence-electron chi connectivity index (χ4n) is 2.21. The molecule has 0 aliphatic heterocycles. The van der Waals surface area contributed by atoms with Gasteiger partial charge >= 0.3 is 0 Å². The molecule has 0 N–H and O–H groups in total. The number of halogens is 2. The normalized spacial score (nSPS) is 10.5. The molecule has 0 radical (unpaired) electrons. The van der Waals surface area contributed by atoms with Crippen molar-refractivity contribution in [2.75, 3.05) is 18.6 Å². The summed E-state index contributed by atoms with van der Waals surface area (Å²) < 4.78 is 11.2. The van der Waals surface area contributed by atoms with Gasteiger partial charge in [0, 0.05) is 11.8 Å². The summed E-state index contributed by atoms with van der Waals surface area (Å²) in [5.74, 6) is 2.99. The van der Waals surface area contributed by atoms with E-state index in [2.05, 4.69) is 24.3 Å². The Bertz CT molecular complexity index is 501. The van der Waals surface area contributed by atoms with Crippen molar-refractivity contribution in [1.29, 1.82) is 0 Å². The lowest BCUT2D eigenvalue weighted by atomic mass is 10.1. The molecule has 0 heterocycles. The number of hydrogen-bond acceptors (Lipinski definition) is 2. The Labute approximate surface area is 148 Å². The second kappa shape index (κ2) is 10.4. The maximum Gasteiger partial charge on any atom is 0.230 e. The Morgan fingerprint density at radius 3 is 1.35 bits per heavy atom. The third-order valence-corrected chi connectivity index (χ3v) is 4.03. The Morgan fingerprint density at radius 1 is 0.609 bits per heavy atom. The molecule has 0 aliphatic rings. The smallest absolute Gasteiger partial charge is 0.230 e. The predicted octanol–water partition coefficient (Wildman–Crippen LogP) is 5.44. The van der Waals surface area contributed by atoms with Crippen LogP contribution in [0, 0.1) is 0 Å². The minimum atomic E-state index is 0.196. The number of rotatable bonds is 10. The molecule has 0 amide bonds. The molecule has 23 heavy (non-hydrogen) atoms. The van der Waals surface area contributed by atoms with Gasteiger partial charge in [0.1, 0.15) is 11.5 Å². The number of alkyl halides is 2. The average molecular weight is 353 g/mol. The van der Waals surface area contributed by atoms with Gasteiger partial charge in [-0.2, -0.15) is 0 Å². The van der Waals surface area contributed by atoms with Gasteiger partial charge in [-0.1, -0.05) is 24.3 Å². The molecule has 0 unspecified atom stereocenters. The van der Waals surface area contributed by atoms with Crippen LogP contribution in [0.25, 0.3) is 0 Å². The summed E-state index contributed by atoms with van der Waals surface area (Å²) in [6.45, 7) is 0.196. The lowest BCUT2D eigenvalue weighted by molar-refractivity contribution is 0.120. The monoisotopic (exact) mass is 352 g/mol. The molecule has 0 spiro atoms. The molecule has 0 bridgehead atoms. The molecule has 0 atom stereocenters. The molecule has 0 aromatic heterocycles. The number of benzene rings is 2. The van der Waals surface area contributed by atoms with Gasteiger partial charge in [0.05, 0.1) is 0 Å². The van der Waals surface area contributed by atoms with E-state index in [1.807, 2.05) is 24.3 Å². The van der Waals surface area contributed by atoms with E-state index in [0.717, 1.165) is 37.2 Å². The van der Waals surface area contributed by atoms with Crippen LogP contribution in [0.15, 0.2) is 48.5 Å². The van der Waals surface area contributed by atoms with Crippen molar-refractivity contribution in [2.45, 2.75) is 25.7 Å². The molecular weight excluding hydrogens is 331 g/mol. The molecule has 0 aliphatic carbocycles. The Balaban J connectivity index is 1.73. The number of hydrogen-bond donors (Lipinski definition) is 0. The highest BCUT2D eigenvalue weighted by Crippen LogP contribution is 2.16. The minimum absolute atomic E-state index is 0.196. The highest BCUT2D eigenvalue weighted by atomic mass is 35.5. The van der Waals surface area contributed by atoms with E-state index >= 15 is 0 Å². The van der Waals surface area contributed by atoms with Crippen LogP contribution in [0.1, 0.15) is 24.0 Å². The SMILES string of the molecule is ClCCCc1ccc(OCOc2ccc(CCCCl)cc2)cc1. The average Bonchev–Trinajstić information content (AvgIpc) is 2.60. The van der Waals surface area contributed by atoms with E-state index in [1.54, 1.807) is 0 Å². The van der Waals surface area contributed by atoms with Crippen LogP contribution in [0.2, 0.25) is 0 Å². The summed E-state index contributed by atoms with van der Waals surface area (Å²) in [4.78, 5) is 0. The van der Waals surface area contributed by atoms with Crippen LogP contribution in [0.4, 0.5) is 0 Å². The van der Waals surface area contributed by atoms with Gasteiger partial charge in [-0.25, -0.2) is 0 Å². The predicted molar refractivity (Wildman–Crippen MR) is 97.1 cm³/mol. The Kier molecular flexibility index (Phi) is 8.13. The Hall–Kier alpha value is -1.38. The Morgan fingerprint density at radius 2 is 1.00 bits per heavy atom. The van der Waals surface area contributed by atoms with Gasteiger partial charge in [-0.15, -0.1) is 23.2 Å². The van der Waals surface area contributed by atoms with Crippen molar-refractivity contribution in [3.8, 4) is 11.5 Å². The molecule has 124 valence electrons. The largest absolute Gasteiger partial charge is 0.458 e. The molecular formula is C19H22Cl2O2. The second-order valence-corrected chi connectivity index (χ2v) is 6.04. The van der Waals surface area contributed by atoms with Gasteiger partial charge in [-0.05, 0) is 61.1 Å². The summed E-state index contributed by atoms with van der Waals surface area (Å²) in [5.41, 5.74) is 2.54. The zero-order chi connectivity index (χ0) is 16.3. The standard InChI is InChI=1S/C19H22Cl2O2/c20-13-1-3-16-5-9-18(10-6-16)22-15-23-19-11-7-17(8-12-19)4-2-14-21/h5-12H,1-4,13-15H2. The van der Waals surface area contributed by atoms with Crippen molar-refractivity contribution in [2.24, 2.45) is 0 Å². The van der Waals surface area contributed by atoms with Gasteiger partial charge < -0.3 is 9.47 Å². The van der Waals surface area contributed by atoms with Crippen LogP contribution >= 0.6 is 23.2 Å². The van der Waals surface area contributed by atoms with Gasteiger partial charge in [0.2, 0.25) is 6.79 Å². The van der Waals surface area contributed by atoms with Crippen molar-refractivity contribution in [1.82, 2.24) is 0 Å². The molecule has 2 aromatic carbocycles. The third kappa shape index (κ3) is 6.72. The van der Waals surface area contributed by atoms with Crippen molar-refractivity contribution >= 4 is 23.2 Å². The van der Waals surface area contributed by atoms with E-state index in [1.165, 1.54) is 11.1 Å². The van der Waals surface area contributed by atoms with Crippen molar-refractivity contribution in [3.05, 3.63) is 59.7 Å². The van der Waals surface area contributed by atoms with Gasteiger partial charge in [-0.3, -0.25) is 0 Å². The summed E-state index contributed by atoms with van der Waals surface area (Å²) >= 11 is 11.4. The molecule has 2 aromatic rings. The summed E-state index contributed by atoms with van der Waals surface area (Å²) in [5, 5.41) is 0. The van der Waals surface area contributed by atoms with E-state index in [4.69, 9.17) is 32.7 Å². The molecule has 0 fully saturated rings. The van der Waals surface area contributed by atoms with Crippen LogP contribution in [0.5, 0.6) is 11.5 Å². The van der Waals surface area contributed by atoms with Crippen LogP contribution in [-0.4, -0.2) is 18.6 Å².